The zero-order valence-corrected chi connectivity index (χ0v) is 5.72. The van der Waals surface area contributed by atoms with Crippen molar-refractivity contribution in [2.45, 2.75) is 31.7 Å². The molecule has 1 aliphatic carbocycles. The zero-order valence-electron chi connectivity index (χ0n) is 5.72. The SMILES string of the molecule is [C-]#[N+]C1(C)C=CCCC1. The maximum absolute atomic E-state index is 6.87. The highest BCUT2D eigenvalue weighted by atomic mass is 14.8. The topological polar surface area (TPSA) is 4.36 Å². The second-order valence-electron chi connectivity index (χ2n) is 2.76. The molecule has 0 aromatic heterocycles. The van der Waals surface area contributed by atoms with Gasteiger partial charge in [-0.05, 0) is 18.9 Å². The average Bonchev–Trinajstić information content (AvgIpc) is 1.90. The molecule has 0 aromatic rings. The van der Waals surface area contributed by atoms with Gasteiger partial charge in [-0.25, -0.2) is 6.57 Å². The van der Waals surface area contributed by atoms with Crippen LogP contribution in [0, 0.1) is 6.57 Å². The first-order chi connectivity index (χ1) is 4.27. The monoisotopic (exact) mass is 121 g/mol. The van der Waals surface area contributed by atoms with Gasteiger partial charge < -0.3 is 4.85 Å². The Kier molecular flexibility index (Phi) is 1.57. The first-order valence-corrected chi connectivity index (χ1v) is 3.33. The average molecular weight is 121 g/mol. The minimum absolute atomic E-state index is 0.168. The van der Waals surface area contributed by atoms with Crippen molar-refractivity contribution in [1.29, 1.82) is 0 Å². The summed E-state index contributed by atoms with van der Waals surface area (Å²) in [6.07, 6.45) is 7.51. The summed E-state index contributed by atoms with van der Waals surface area (Å²) in [6, 6.07) is 0. The Morgan fingerprint density at radius 2 is 2.44 bits per heavy atom. The molecule has 0 radical (unpaired) electrons. The van der Waals surface area contributed by atoms with Crippen molar-refractivity contribution in [3.05, 3.63) is 23.6 Å². The van der Waals surface area contributed by atoms with Gasteiger partial charge in [0.1, 0.15) is 0 Å². The van der Waals surface area contributed by atoms with Crippen LogP contribution in [0.2, 0.25) is 0 Å². The van der Waals surface area contributed by atoms with Crippen LogP contribution >= 0.6 is 0 Å². The Hall–Kier alpha value is -0.770. The molecule has 1 nitrogen and oxygen atoms in total. The van der Waals surface area contributed by atoms with Gasteiger partial charge in [0.25, 0.3) is 0 Å². The van der Waals surface area contributed by atoms with Crippen LogP contribution in [-0.2, 0) is 0 Å². The number of nitrogens with zero attached hydrogens (tertiary/aromatic N) is 1. The molecule has 0 bridgehead atoms. The molecule has 1 atom stereocenters. The van der Waals surface area contributed by atoms with Gasteiger partial charge in [0.2, 0.25) is 5.54 Å². The molecule has 1 heteroatoms. The summed E-state index contributed by atoms with van der Waals surface area (Å²) in [5.41, 5.74) is -0.168. The lowest BCUT2D eigenvalue weighted by Gasteiger charge is -2.15. The van der Waals surface area contributed by atoms with Crippen LogP contribution in [0.15, 0.2) is 12.2 Å². The number of hydrogen-bond acceptors (Lipinski definition) is 0. The Morgan fingerprint density at radius 1 is 1.67 bits per heavy atom. The van der Waals surface area contributed by atoms with E-state index >= 15 is 0 Å². The molecule has 1 unspecified atom stereocenters. The van der Waals surface area contributed by atoms with E-state index in [0.29, 0.717) is 0 Å². The van der Waals surface area contributed by atoms with E-state index in [2.05, 4.69) is 10.9 Å². The van der Waals surface area contributed by atoms with Crippen molar-refractivity contribution < 1.29 is 0 Å². The molecule has 0 heterocycles. The van der Waals surface area contributed by atoms with Crippen molar-refractivity contribution in [1.82, 2.24) is 0 Å². The van der Waals surface area contributed by atoms with Gasteiger partial charge in [-0.2, -0.15) is 0 Å². The smallest absolute Gasteiger partial charge is 0.248 e. The van der Waals surface area contributed by atoms with Crippen molar-refractivity contribution in [2.24, 2.45) is 0 Å². The molecule has 1 aliphatic rings. The third-order valence-corrected chi connectivity index (χ3v) is 1.79. The van der Waals surface area contributed by atoms with Crippen LogP contribution in [-0.4, -0.2) is 5.54 Å². The first kappa shape index (κ1) is 6.35. The van der Waals surface area contributed by atoms with Crippen molar-refractivity contribution >= 4 is 0 Å². The predicted molar refractivity (Wildman–Crippen MR) is 38.0 cm³/mol. The van der Waals surface area contributed by atoms with E-state index in [9.17, 15) is 0 Å². The van der Waals surface area contributed by atoms with Crippen molar-refractivity contribution in [2.75, 3.05) is 0 Å². The molecule has 0 fully saturated rings. The standard InChI is InChI=1S/C8H11N/c1-8(9-2)6-4-3-5-7-8/h4,6H,3,5,7H2,1H3. The van der Waals surface area contributed by atoms with Crippen LogP contribution in [0.4, 0.5) is 0 Å². The van der Waals surface area contributed by atoms with Gasteiger partial charge in [0.15, 0.2) is 0 Å². The normalized spacial score (nSPS) is 33.8. The van der Waals surface area contributed by atoms with Gasteiger partial charge >= 0.3 is 0 Å². The molecule has 0 amide bonds. The first-order valence-electron chi connectivity index (χ1n) is 3.33. The highest BCUT2D eigenvalue weighted by Crippen LogP contribution is 2.24. The zero-order chi connectivity index (χ0) is 6.74. The van der Waals surface area contributed by atoms with E-state index in [1.165, 1.54) is 6.42 Å². The Morgan fingerprint density at radius 3 is 2.78 bits per heavy atom. The molecule has 9 heavy (non-hydrogen) atoms. The van der Waals surface area contributed by atoms with Crippen LogP contribution in [0.3, 0.4) is 0 Å². The summed E-state index contributed by atoms with van der Waals surface area (Å²) >= 11 is 0. The minimum Gasteiger partial charge on any atom is -0.306 e. The summed E-state index contributed by atoms with van der Waals surface area (Å²) in [4.78, 5) is 3.54. The summed E-state index contributed by atoms with van der Waals surface area (Å²) < 4.78 is 0. The second-order valence-corrected chi connectivity index (χ2v) is 2.76. The number of hydrogen-bond donors (Lipinski definition) is 0. The van der Waals surface area contributed by atoms with E-state index in [1.54, 1.807) is 0 Å². The van der Waals surface area contributed by atoms with Gasteiger partial charge in [-0.1, -0.05) is 6.08 Å². The number of rotatable bonds is 0. The lowest BCUT2D eigenvalue weighted by atomic mass is 9.91. The van der Waals surface area contributed by atoms with Crippen LogP contribution < -0.4 is 0 Å². The van der Waals surface area contributed by atoms with E-state index in [1.807, 2.05) is 13.0 Å². The fourth-order valence-corrected chi connectivity index (χ4v) is 1.09. The lowest BCUT2D eigenvalue weighted by Crippen LogP contribution is -2.17. The summed E-state index contributed by atoms with van der Waals surface area (Å²) in [7, 11) is 0. The van der Waals surface area contributed by atoms with Crippen LogP contribution in [0.25, 0.3) is 4.85 Å². The molecule has 0 aliphatic heterocycles. The van der Waals surface area contributed by atoms with Crippen LogP contribution in [0.1, 0.15) is 26.2 Å². The summed E-state index contributed by atoms with van der Waals surface area (Å²) in [5.74, 6) is 0. The molecule has 0 saturated carbocycles. The van der Waals surface area contributed by atoms with Crippen molar-refractivity contribution in [3.8, 4) is 0 Å². The fraction of sp³-hybridized carbons (Fsp3) is 0.625. The Labute approximate surface area is 56.2 Å². The summed E-state index contributed by atoms with van der Waals surface area (Å²) in [6.45, 7) is 8.86. The van der Waals surface area contributed by atoms with Gasteiger partial charge in [-0.15, -0.1) is 0 Å². The van der Waals surface area contributed by atoms with E-state index < -0.39 is 0 Å². The summed E-state index contributed by atoms with van der Waals surface area (Å²) in [5, 5.41) is 0. The highest BCUT2D eigenvalue weighted by molar-refractivity contribution is 5.13. The lowest BCUT2D eigenvalue weighted by molar-refractivity contribution is 0.561. The molecule has 0 saturated heterocycles. The maximum Gasteiger partial charge on any atom is 0.248 e. The predicted octanol–water partition coefficient (Wildman–Crippen LogP) is 2.40. The molecule has 0 spiro atoms. The van der Waals surface area contributed by atoms with Crippen LogP contribution in [0.5, 0.6) is 0 Å². The molecule has 0 N–H and O–H groups in total. The van der Waals surface area contributed by atoms with E-state index in [4.69, 9.17) is 6.57 Å². The molecule has 1 rings (SSSR count). The largest absolute Gasteiger partial charge is 0.306 e. The third-order valence-electron chi connectivity index (χ3n) is 1.79. The van der Waals surface area contributed by atoms with E-state index in [0.717, 1.165) is 12.8 Å². The number of allylic oxidation sites excluding steroid dienone is 1. The Bertz CT molecular complexity index is 164. The van der Waals surface area contributed by atoms with Gasteiger partial charge in [0.05, 0.1) is 0 Å². The maximum atomic E-state index is 6.87. The van der Waals surface area contributed by atoms with Crippen molar-refractivity contribution in [3.63, 3.8) is 0 Å². The molecule has 0 aromatic carbocycles. The third kappa shape index (κ3) is 1.32. The quantitative estimate of drug-likeness (QED) is 0.342. The second kappa shape index (κ2) is 2.23. The molecular weight excluding hydrogens is 110 g/mol. The van der Waals surface area contributed by atoms with E-state index in [-0.39, 0.29) is 5.54 Å². The highest BCUT2D eigenvalue weighted by Gasteiger charge is 2.27. The van der Waals surface area contributed by atoms with Gasteiger partial charge in [-0.3, -0.25) is 0 Å². The molecule has 48 valence electrons. The molecular formula is C8H11N. The minimum atomic E-state index is -0.168. The van der Waals surface area contributed by atoms with Gasteiger partial charge in [0, 0.05) is 13.3 Å². The fourth-order valence-electron chi connectivity index (χ4n) is 1.09. The Balaban J connectivity index is 2.70.